The number of para-hydroxylation sites is 3. The summed E-state index contributed by atoms with van der Waals surface area (Å²) in [5.41, 5.74) is 3.38. The van der Waals surface area contributed by atoms with E-state index in [0.717, 1.165) is 73.2 Å². The predicted molar refractivity (Wildman–Crippen MR) is 146 cm³/mol. The molecule has 4 aromatic rings. The predicted octanol–water partition coefficient (Wildman–Crippen LogP) is 6.52. The number of benzene rings is 3. The number of unbranched alkanes of at least 4 members (excludes halogenated alkanes) is 2. The SMILES string of the molecule is C=CCc1ccccc1OCCCn1c(CCCCCNC(=O)c2ccccc2F)nc2ccccc21. The number of carbonyl (C=O) groups excluding carboxylic acids is 1. The zero-order valence-electron chi connectivity index (χ0n) is 21.2. The van der Waals surface area contributed by atoms with Gasteiger partial charge in [-0.3, -0.25) is 4.79 Å². The summed E-state index contributed by atoms with van der Waals surface area (Å²) >= 11 is 0. The van der Waals surface area contributed by atoms with Crippen LogP contribution in [0.5, 0.6) is 5.75 Å². The number of ether oxygens (including phenoxy) is 1. The number of hydrogen-bond acceptors (Lipinski definition) is 3. The third kappa shape index (κ3) is 7.06. The number of aromatic nitrogens is 2. The molecule has 1 N–H and O–H groups in total. The largest absolute Gasteiger partial charge is 0.493 e. The molecular formula is C31H34FN3O2. The van der Waals surface area contributed by atoms with E-state index < -0.39 is 5.82 Å². The summed E-state index contributed by atoms with van der Waals surface area (Å²) in [6, 6.07) is 22.4. The first-order valence-corrected chi connectivity index (χ1v) is 13.0. The lowest BCUT2D eigenvalue weighted by Gasteiger charge is -2.12. The van der Waals surface area contributed by atoms with Crippen molar-refractivity contribution in [2.75, 3.05) is 13.2 Å². The molecule has 3 aromatic carbocycles. The molecule has 1 heterocycles. The normalized spacial score (nSPS) is 10.9. The number of rotatable bonds is 14. The van der Waals surface area contributed by atoms with E-state index in [1.54, 1.807) is 12.1 Å². The third-order valence-electron chi connectivity index (χ3n) is 6.34. The Kier molecular flexibility index (Phi) is 9.47. The highest BCUT2D eigenvalue weighted by atomic mass is 19.1. The van der Waals surface area contributed by atoms with Gasteiger partial charge in [-0.05, 0) is 61.6 Å². The first-order chi connectivity index (χ1) is 18.2. The van der Waals surface area contributed by atoms with Crippen LogP contribution in [0.4, 0.5) is 4.39 Å². The molecule has 37 heavy (non-hydrogen) atoms. The van der Waals surface area contributed by atoms with Crippen LogP contribution in [0.25, 0.3) is 11.0 Å². The van der Waals surface area contributed by atoms with Gasteiger partial charge in [0.2, 0.25) is 0 Å². The first kappa shape index (κ1) is 26.1. The molecule has 0 atom stereocenters. The quantitative estimate of drug-likeness (QED) is 0.159. The van der Waals surface area contributed by atoms with Gasteiger partial charge in [0.15, 0.2) is 0 Å². The molecule has 0 fully saturated rings. The molecule has 0 aliphatic heterocycles. The summed E-state index contributed by atoms with van der Waals surface area (Å²) in [6.07, 6.45) is 7.16. The molecular weight excluding hydrogens is 465 g/mol. The number of carbonyl (C=O) groups is 1. The monoisotopic (exact) mass is 499 g/mol. The van der Waals surface area contributed by atoms with Crippen LogP contribution in [-0.4, -0.2) is 28.6 Å². The zero-order valence-corrected chi connectivity index (χ0v) is 21.2. The van der Waals surface area contributed by atoms with Gasteiger partial charge in [-0.1, -0.05) is 55.0 Å². The van der Waals surface area contributed by atoms with E-state index in [2.05, 4.69) is 34.7 Å². The summed E-state index contributed by atoms with van der Waals surface area (Å²) in [7, 11) is 0. The third-order valence-corrected chi connectivity index (χ3v) is 6.34. The Morgan fingerprint density at radius 1 is 0.973 bits per heavy atom. The van der Waals surface area contributed by atoms with E-state index in [-0.39, 0.29) is 11.5 Å². The smallest absolute Gasteiger partial charge is 0.254 e. The van der Waals surface area contributed by atoms with Crippen LogP contribution < -0.4 is 10.1 Å². The van der Waals surface area contributed by atoms with Crippen LogP contribution in [-0.2, 0) is 19.4 Å². The van der Waals surface area contributed by atoms with Crippen LogP contribution in [0.3, 0.4) is 0 Å². The van der Waals surface area contributed by atoms with Gasteiger partial charge < -0.3 is 14.6 Å². The lowest BCUT2D eigenvalue weighted by atomic mass is 10.1. The van der Waals surface area contributed by atoms with Gasteiger partial charge in [0.1, 0.15) is 17.4 Å². The lowest BCUT2D eigenvalue weighted by Crippen LogP contribution is -2.25. The Morgan fingerprint density at radius 2 is 1.76 bits per heavy atom. The number of nitrogens with zero attached hydrogens (tertiary/aromatic N) is 2. The van der Waals surface area contributed by atoms with Gasteiger partial charge in [-0.2, -0.15) is 0 Å². The van der Waals surface area contributed by atoms with Gasteiger partial charge in [0, 0.05) is 19.5 Å². The molecule has 0 saturated carbocycles. The maximum atomic E-state index is 13.7. The maximum Gasteiger partial charge on any atom is 0.254 e. The molecule has 0 aliphatic rings. The highest BCUT2D eigenvalue weighted by molar-refractivity contribution is 5.94. The molecule has 0 saturated heterocycles. The summed E-state index contributed by atoms with van der Waals surface area (Å²) in [6.45, 7) is 5.81. The zero-order chi connectivity index (χ0) is 25.9. The Morgan fingerprint density at radius 3 is 2.62 bits per heavy atom. The minimum Gasteiger partial charge on any atom is -0.493 e. The van der Waals surface area contributed by atoms with Crippen molar-refractivity contribution in [3.63, 3.8) is 0 Å². The highest BCUT2D eigenvalue weighted by Crippen LogP contribution is 2.21. The molecule has 5 nitrogen and oxygen atoms in total. The van der Waals surface area contributed by atoms with Gasteiger partial charge in [0.25, 0.3) is 5.91 Å². The van der Waals surface area contributed by atoms with Crippen molar-refractivity contribution in [3.8, 4) is 5.75 Å². The van der Waals surface area contributed by atoms with Crippen molar-refractivity contribution in [1.82, 2.24) is 14.9 Å². The molecule has 192 valence electrons. The van der Waals surface area contributed by atoms with Gasteiger partial charge in [0.05, 0.1) is 23.2 Å². The fraction of sp³-hybridized carbons (Fsp3) is 0.290. The second kappa shape index (κ2) is 13.4. The Hall–Kier alpha value is -3.93. The number of amides is 1. The van der Waals surface area contributed by atoms with E-state index in [0.29, 0.717) is 13.2 Å². The number of allylic oxidation sites excluding steroid dienone is 1. The van der Waals surface area contributed by atoms with E-state index in [4.69, 9.17) is 9.72 Å². The second-order valence-electron chi connectivity index (χ2n) is 9.02. The second-order valence-corrected chi connectivity index (χ2v) is 9.02. The molecule has 0 bridgehead atoms. The van der Waals surface area contributed by atoms with Crippen molar-refractivity contribution in [2.24, 2.45) is 0 Å². The van der Waals surface area contributed by atoms with Crippen molar-refractivity contribution < 1.29 is 13.9 Å². The molecule has 0 unspecified atom stereocenters. The van der Waals surface area contributed by atoms with Crippen LogP contribution in [0.15, 0.2) is 85.5 Å². The average Bonchev–Trinajstić information content (AvgIpc) is 3.27. The topological polar surface area (TPSA) is 56.1 Å². The molecule has 0 spiro atoms. The number of aryl methyl sites for hydroxylation is 2. The van der Waals surface area contributed by atoms with Gasteiger partial charge in [-0.25, -0.2) is 9.37 Å². The highest BCUT2D eigenvalue weighted by Gasteiger charge is 2.12. The standard InChI is InChI=1S/C31H34FN3O2/c1-2-13-24-14-5-10-19-29(24)37-23-12-22-35-28-18-9-8-17-27(28)34-30(35)20-4-3-11-21-33-31(36)25-15-6-7-16-26(25)32/h2,5-10,14-19H,1,3-4,11-13,20-23H2,(H,33,36). The van der Waals surface area contributed by atoms with E-state index in [1.807, 2.05) is 36.4 Å². The van der Waals surface area contributed by atoms with Crippen LogP contribution in [0, 0.1) is 5.82 Å². The van der Waals surface area contributed by atoms with Crippen LogP contribution in [0.2, 0.25) is 0 Å². The van der Waals surface area contributed by atoms with Gasteiger partial charge >= 0.3 is 0 Å². The summed E-state index contributed by atoms with van der Waals surface area (Å²) in [5, 5.41) is 2.81. The van der Waals surface area contributed by atoms with Crippen molar-refractivity contribution >= 4 is 16.9 Å². The Bertz CT molecular complexity index is 1330. The van der Waals surface area contributed by atoms with E-state index in [9.17, 15) is 9.18 Å². The lowest BCUT2D eigenvalue weighted by molar-refractivity contribution is 0.0949. The van der Waals surface area contributed by atoms with E-state index >= 15 is 0 Å². The van der Waals surface area contributed by atoms with Crippen LogP contribution >= 0.6 is 0 Å². The number of imidazole rings is 1. The summed E-state index contributed by atoms with van der Waals surface area (Å²) in [5.74, 6) is 1.13. The molecule has 0 radical (unpaired) electrons. The number of halogens is 1. The van der Waals surface area contributed by atoms with Crippen LogP contribution in [0.1, 0.15) is 47.4 Å². The summed E-state index contributed by atoms with van der Waals surface area (Å²) < 4.78 is 22.1. The van der Waals surface area contributed by atoms with E-state index in [1.165, 1.54) is 12.1 Å². The summed E-state index contributed by atoms with van der Waals surface area (Å²) in [4.78, 5) is 17.0. The fourth-order valence-electron chi connectivity index (χ4n) is 4.47. The number of fused-ring (bicyclic) bond motifs is 1. The number of nitrogens with one attached hydrogen (secondary N) is 1. The minimum atomic E-state index is -0.495. The molecule has 1 aromatic heterocycles. The van der Waals surface area contributed by atoms with Crippen molar-refractivity contribution in [1.29, 1.82) is 0 Å². The number of hydrogen-bond donors (Lipinski definition) is 1. The average molecular weight is 500 g/mol. The molecule has 6 heteroatoms. The maximum absolute atomic E-state index is 13.7. The first-order valence-electron chi connectivity index (χ1n) is 13.0. The van der Waals surface area contributed by atoms with Crippen molar-refractivity contribution in [3.05, 3.63) is 108 Å². The Labute approximate surface area is 218 Å². The molecule has 4 rings (SSSR count). The van der Waals surface area contributed by atoms with Gasteiger partial charge in [-0.15, -0.1) is 6.58 Å². The molecule has 0 aliphatic carbocycles. The minimum absolute atomic E-state index is 0.0874. The Balaban J connectivity index is 1.26. The van der Waals surface area contributed by atoms with Crippen molar-refractivity contribution in [2.45, 2.75) is 45.1 Å². The molecule has 1 amide bonds. The fourth-order valence-corrected chi connectivity index (χ4v) is 4.47.